The Kier molecular flexibility index (Phi) is 3.80. The fourth-order valence-electron chi connectivity index (χ4n) is 1.10. The molecular weight excluding hydrogens is 204 g/mol. The molecule has 86 valence electrons. The van der Waals surface area contributed by atoms with Crippen LogP contribution in [0.2, 0.25) is 0 Å². The summed E-state index contributed by atoms with van der Waals surface area (Å²) in [6.07, 6.45) is 0.636. The van der Waals surface area contributed by atoms with Gasteiger partial charge >= 0.3 is 0 Å². The number of aryl methyl sites for hydroxylation is 1. The second-order valence-electron chi connectivity index (χ2n) is 4.03. The van der Waals surface area contributed by atoms with Crippen LogP contribution in [0, 0.1) is 18.3 Å². The standard InChI is InChI=1S/C11H16N4O/c1-4-11(3,16)7-13-10-14-8(2)5-9(6-12)15-10/h5,16H,4,7H2,1-3H3,(H,13,14,15). The number of aromatic nitrogens is 2. The Bertz CT molecular complexity index is 409. The van der Waals surface area contributed by atoms with E-state index in [2.05, 4.69) is 15.3 Å². The molecule has 1 aromatic heterocycles. The van der Waals surface area contributed by atoms with E-state index in [-0.39, 0.29) is 0 Å². The fraction of sp³-hybridized carbons (Fsp3) is 0.545. The van der Waals surface area contributed by atoms with Crippen LogP contribution in [0.5, 0.6) is 0 Å². The van der Waals surface area contributed by atoms with Crippen molar-refractivity contribution in [1.82, 2.24) is 9.97 Å². The van der Waals surface area contributed by atoms with Crippen molar-refractivity contribution in [2.45, 2.75) is 32.8 Å². The lowest BCUT2D eigenvalue weighted by atomic mass is 10.0. The van der Waals surface area contributed by atoms with Crippen molar-refractivity contribution in [3.8, 4) is 6.07 Å². The molecule has 1 aromatic rings. The van der Waals surface area contributed by atoms with E-state index in [9.17, 15) is 5.11 Å². The molecule has 5 heteroatoms. The van der Waals surface area contributed by atoms with Gasteiger partial charge in [-0.15, -0.1) is 0 Å². The maximum atomic E-state index is 9.80. The summed E-state index contributed by atoms with van der Waals surface area (Å²) < 4.78 is 0. The third-order valence-corrected chi connectivity index (χ3v) is 2.36. The number of nitriles is 1. The predicted molar refractivity (Wildman–Crippen MR) is 60.9 cm³/mol. The zero-order valence-corrected chi connectivity index (χ0v) is 9.78. The quantitative estimate of drug-likeness (QED) is 0.797. The van der Waals surface area contributed by atoms with E-state index in [1.54, 1.807) is 19.9 Å². The number of aliphatic hydroxyl groups is 1. The van der Waals surface area contributed by atoms with E-state index in [4.69, 9.17) is 5.26 Å². The minimum atomic E-state index is -0.792. The summed E-state index contributed by atoms with van der Waals surface area (Å²) in [6, 6.07) is 3.58. The first kappa shape index (κ1) is 12.4. The van der Waals surface area contributed by atoms with Crippen LogP contribution in [0.1, 0.15) is 31.7 Å². The summed E-state index contributed by atoms with van der Waals surface area (Å²) in [5.74, 6) is 0.380. The molecule has 1 rings (SSSR count). The van der Waals surface area contributed by atoms with E-state index in [1.165, 1.54) is 0 Å². The van der Waals surface area contributed by atoms with Crippen LogP contribution in [0.4, 0.5) is 5.95 Å². The second kappa shape index (κ2) is 4.90. The van der Waals surface area contributed by atoms with Gasteiger partial charge < -0.3 is 10.4 Å². The normalized spacial score (nSPS) is 13.9. The van der Waals surface area contributed by atoms with Crippen LogP contribution in [0.15, 0.2) is 6.07 Å². The highest BCUT2D eigenvalue weighted by atomic mass is 16.3. The van der Waals surface area contributed by atoms with E-state index < -0.39 is 5.60 Å². The van der Waals surface area contributed by atoms with Gasteiger partial charge in [-0.1, -0.05) is 6.92 Å². The third-order valence-electron chi connectivity index (χ3n) is 2.36. The fourth-order valence-corrected chi connectivity index (χ4v) is 1.10. The van der Waals surface area contributed by atoms with Gasteiger partial charge in [0.05, 0.1) is 5.60 Å². The smallest absolute Gasteiger partial charge is 0.224 e. The van der Waals surface area contributed by atoms with Gasteiger partial charge in [0.25, 0.3) is 0 Å². The molecule has 5 nitrogen and oxygen atoms in total. The van der Waals surface area contributed by atoms with Crippen molar-refractivity contribution in [2.75, 3.05) is 11.9 Å². The molecule has 0 amide bonds. The van der Waals surface area contributed by atoms with Crippen molar-refractivity contribution in [2.24, 2.45) is 0 Å². The van der Waals surface area contributed by atoms with Crippen molar-refractivity contribution < 1.29 is 5.11 Å². The summed E-state index contributed by atoms with van der Waals surface area (Å²) in [4.78, 5) is 8.13. The maximum Gasteiger partial charge on any atom is 0.224 e. The summed E-state index contributed by atoms with van der Waals surface area (Å²) in [5.41, 5.74) is 0.260. The van der Waals surface area contributed by atoms with E-state index in [1.807, 2.05) is 13.0 Å². The molecule has 16 heavy (non-hydrogen) atoms. The van der Waals surface area contributed by atoms with E-state index >= 15 is 0 Å². The van der Waals surface area contributed by atoms with Crippen LogP contribution < -0.4 is 5.32 Å². The van der Waals surface area contributed by atoms with E-state index in [0.29, 0.717) is 24.6 Å². The molecule has 0 spiro atoms. The lowest BCUT2D eigenvalue weighted by Crippen LogP contribution is -2.33. The van der Waals surface area contributed by atoms with Gasteiger partial charge in [-0.05, 0) is 26.3 Å². The van der Waals surface area contributed by atoms with Crippen molar-refractivity contribution in [3.63, 3.8) is 0 Å². The first-order valence-corrected chi connectivity index (χ1v) is 5.19. The average Bonchev–Trinajstić information content (AvgIpc) is 2.26. The molecular formula is C11H16N4O. The lowest BCUT2D eigenvalue weighted by Gasteiger charge is -2.21. The maximum absolute atomic E-state index is 9.80. The van der Waals surface area contributed by atoms with Crippen molar-refractivity contribution in [3.05, 3.63) is 17.5 Å². The van der Waals surface area contributed by atoms with Crippen molar-refractivity contribution >= 4 is 5.95 Å². The van der Waals surface area contributed by atoms with Crippen LogP contribution >= 0.6 is 0 Å². The molecule has 2 N–H and O–H groups in total. The molecule has 0 aliphatic carbocycles. The molecule has 0 aromatic carbocycles. The predicted octanol–water partition coefficient (Wildman–Crippen LogP) is 1.23. The van der Waals surface area contributed by atoms with Gasteiger partial charge in [0.1, 0.15) is 11.8 Å². The summed E-state index contributed by atoms with van der Waals surface area (Å²) >= 11 is 0. The molecule has 0 aliphatic rings. The molecule has 0 saturated heterocycles. The molecule has 0 bridgehead atoms. The molecule has 0 saturated carbocycles. The largest absolute Gasteiger partial charge is 0.388 e. The topological polar surface area (TPSA) is 81.8 Å². The van der Waals surface area contributed by atoms with Crippen LogP contribution in [0.3, 0.4) is 0 Å². The minimum absolute atomic E-state index is 0.325. The first-order chi connectivity index (χ1) is 7.46. The van der Waals surface area contributed by atoms with E-state index in [0.717, 1.165) is 5.69 Å². The molecule has 1 heterocycles. The van der Waals surface area contributed by atoms with Crippen LogP contribution in [0.25, 0.3) is 0 Å². The Labute approximate surface area is 95.2 Å². The van der Waals surface area contributed by atoms with Crippen molar-refractivity contribution in [1.29, 1.82) is 5.26 Å². The Balaban J connectivity index is 2.75. The highest BCUT2D eigenvalue weighted by Crippen LogP contribution is 2.10. The Hall–Kier alpha value is -1.67. The SMILES string of the molecule is CCC(C)(O)CNc1nc(C)cc(C#N)n1. The van der Waals surface area contributed by atoms with Gasteiger partial charge in [0.2, 0.25) is 5.95 Å². The molecule has 1 unspecified atom stereocenters. The molecule has 0 aliphatic heterocycles. The summed E-state index contributed by atoms with van der Waals surface area (Å²) in [6.45, 7) is 5.80. The van der Waals surface area contributed by atoms with Gasteiger partial charge in [0.15, 0.2) is 0 Å². The average molecular weight is 220 g/mol. The van der Waals surface area contributed by atoms with Crippen LogP contribution in [-0.4, -0.2) is 27.2 Å². The zero-order chi connectivity index (χ0) is 12.2. The number of hydrogen-bond acceptors (Lipinski definition) is 5. The van der Waals surface area contributed by atoms with Gasteiger partial charge in [0, 0.05) is 12.2 Å². The monoisotopic (exact) mass is 220 g/mol. The number of rotatable bonds is 4. The summed E-state index contributed by atoms with van der Waals surface area (Å²) in [5, 5.41) is 21.5. The molecule has 0 fully saturated rings. The Morgan fingerprint density at radius 2 is 2.25 bits per heavy atom. The van der Waals surface area contributed by atoms with Gasteiger partial charge in [-0.2, -0.15) is 5.26 Å². The Morgan fingerprint density at radius 3 is 2.81 bits per heavy atom. The first-order valence-electron chi connectivity index (χ1n) is 5.19. The zero-order valence-electron chi connectivity index (χ0n) is 9.78. The summed E-state index contributed by atoms with van der Waals surface area (Å²) in [7, 11) is 0. The highest BCUT2D eigenvalue weighted by molar-refractivity contribution is 5.33. The number of nitrogens with one attached hydrogen (secondary N) is 1. The Morgan fingerprint density at radius 1 is 1.56 bits per heavy atom. The number of anilines is 1. The minimum Gasteiger partial charge on any atom is -0.388 e. The number of nitrogens with zero attached hydrogens (tertiary/aromatic N) is 3. The molecule has 0 radical (unpaired) electrons. The van der Waals surface area contributed by atoms with Crippen LogP contribution in [-0.2, 0) is 0 Å². The highest BCUT2D eigenvalue weighted by Gasteiger charge is 2.17. The number of hydrogen-bond donors (Lipinski definition) is 2. The lowest BCUT2D eigenvalue weighted by molar-refractivity contribution is 0.0695. The van der Waals surface area contributed by atoms with Gasteiger partial charge in [-0.25, -0.2) is 9.97 Å². The van der Waals surface area contributed by atoms with Gasteiger partial charge in [-0.3, -0.25) is 0 Å². The third kappa shape index (κ3) is 3.48. The molecule has 1 atom stereocenters. The second-order valence-corrected chi connectivity index (χ2v) is 4.03.